The lowest BCUT2D eigenvalue weighted by Crippen LogP contribution is -2.35. The van der Waals surface area contributed by atoms with Gasteiger partial charge in [-0.2, -0.15) is 0 Å². The minimum Gasteiger partial charge on any atom is -0.508 e. The van der Waals surface area contributed by atoms with Gasteiger partial charge >= 0.3 is 0 Å². The number of aliphatic hydroxyl groups is 1. The molecule has 2 N–H and O–H groups in total. The van der Waals surface area contributed by atoms with Crippen molar-refractivity contribution in [2.75, 3.05) is 6.61 Å². The third-order valence-electron chi connectivity index (χ3n) is 3.24. The van der Waals surface area contributed by atoms with Crippen LogP contribution in [0.25, 0.3) is 0 Å². The van der Waals surface area contributed by atoms with Crippen LogP contribution in [0.3, 0.4) is 0 Å². The number of rotatable bonds is 2. The monoisotopic (exact) mass is 273 g/mol. The lowest BCUT2D eigenvalue weighted by atomic mass is 10.0. The normalized spacial score (nSPS) is 20.9. The SMILES string of the molecule is Cc1ccc(O[C@H]2COc3ccc(O)cc3[C@@H]2O)cn1. The summed E-state index contributed by atoms with van der Waals surface area (Å²) in [6, 6.07) is 8.29. The van der Waals surface area contributed by atoms with Crippen molar-refractivity contribution in [2.24, 2.45) is 0 Å². The third-order valence-corrected chi connectivity index (χ3v) is 3.24. The molecule has 5 nitrogen and oxygen atoms in total. The number of phenols is 1. The topological polar surface area (TPSA) is 71.8 Å². The van der Waals surface area contributed by atoms with Crippen LogP contribution in [-0.4, -0.2) is 27.9 Å². The van der Waals surface area contributed by atoms with E-state index in [9.17, 15) is 10.2 Å². The summed E-state index contributed by atoms with van der Waals surface area (Å²) >= 11 is 0. The Morgan fingerprint density at radius 2 is 2.15 bits per heavy atom. The first kappa shape index (κ1) is 12.7. The Balaban J connectivity index is 1.81. The van der Waals surface area contributed by atoms with Gasteiger partial charge in [-0.1, -0.05) is 0 Å². The smallest absolute Gasteiger partial charge is 0.163 e. The van der Waals surface area contributed by atoms with Crippen molar-refractivity contribution in [3.8, 4) is 17.2 Å². The maximum absolute atomic E-state index is 10.3. The molecule has 1 aromatic carbocycles. The molecule has 20 heavy (non-hydrogen) atoms. The average Bonchev–Trinajstić information content (AvgIpc) is 2.45. The molecule has 0 aliphatic carbocycles. The van der Waals surface area contributed by atoms with Gasteiger partial charge in [0.05, 0.1) is 6.20 Å². The molecule has 3 rings (SSSR count). The van der Waals surface area contributed by atoms with Crippen LogP contribution in [0.1, 0.15) is 17.4 Å². The van der Waals surface area contributed by atoms with Crippen molar-refractivity contribution in [1.29, 1.82) is 0 Å². The molecule has 0 unspecified atom stereocenters. The highest BCUT2D eigenvalue weighted by molar-refractivity contribution is 5.43. The molecule has 0 saturated carbocycles. The second-order valence-corrected chi connectivity index (χ2v) is 4.77. The fraction of sp³-hybridized carbons (Fsp3) is 0.267. The van der Waals surface area contributed by atoms with Crippen molar-refractivity contribution in [2.45, 2.75) is 19.1 Å². The summed E-state index contributed by atoms with van der Waals surface area (Å²) in [5.74, 6) is 1.23. The number of aryl methyl sites for hydroxylation is 1. The number of fused-ring (bicyclic) bond motifs is 1. The van der Waals surface area contributed by atoms with E-state index in [4.69, 9.17) is 9.47 Å². The third kappa shape index (κ3) is 2.40. The van der Waals surface area contributed by atoms with Gasteiger partial charge in [0.2, 0.25) is 0 Å². The molecule has 2 heterocycles. The molecule has 5 heteroatoms. The minimum absolute atomic E-state index is 0.0871. The van der Waals surface area contributed by atoms with Crippen LogP contribution in [-0.2, 0) is 0 Å². The van der Waals surface area contributed by atoms with Gasteiger partial charge < -0.3 is 19.7 Å². The average molecular weight is 273 g/mol. The van der Waals surface area contributed by atoms with Crippen molar-refractivity contribution >= 4 is 0 Å². The Bertz CT molecular complexity index is 612. The molecule has 0 saturated heterocycles. The largest absolute Gasteiger partial charge is 0.508 e. The van der Waals surface area contributed by atoms with Crippen LogP contribution in [0, 0.1) is 6.92 Å². The van der Waals surface area contributed by atoms with Gasteiger partial charge in [0.1, 0.15) is 30.0 Å². The number of ether oxygens (including phenoxy) is 2. The Morgan fingerprint density at radius 3 is 2.90 bits per heavy atom. The van der Waals surface area contributed by atoms with Crippen molar-refractivity contribution in [3.63, 3.8) is 0 Å². The van der Waals surface area contributed by atoms with Crippen LogP contribution < -0.4 is 9.47 Å². The highest BCUT2D eigenvalue weighted by atomic mass is 16.5. The molecule has 0 fully saturated rings. The number of aromatic nitrogens is 1. The quantitative estimate of drug-likeness (QED) is 0.875. The Kier molecular flexibility index (Phi) is 3.20. The summed E-state index contributed by atoms with van der Waals surface area (Å²) in [5, 5.41) is 19.8. The van der Waals surface area contributed by atoms with Gasteiger partial charge in [0, 0.05) is 11.3 Å². The second kappa shape index (κ2) is 5.02. The second-order valence-electron chi connectivity index (χ2n) is 4.77. The molecule has 0 bridgehead atoms. The van der Waals surface area contributed by atoms with Gasteiger partial charge in [-0.25, -0.2) is 0 Å². The molecular weight excluding hydrogens is 258 g/mol. The van der Waals surface area contributed by atoms with Crippen molar-refractivity contribution in [3.05, 3.63) is 47.8 Å². The molecule has 0 amide bonds. The van der Waals surface area contributed by atoms with E-state index < -0.39 is 12.2 Å². The van der Waals surface area contributed by atoms with Crippen LogP contribution in [0.15, 0.2) is 36.5 Å². The van der Waals surface area contributed by atoms with E-state index in [-0.39, 0.29) is 12.4 Å². The van der Waals surface area contributed by atoms with Gasteiger partial charge in [0.25, 0.3) is 0 Å². The minimum atomic E-state index is -0.854. The summed E-state index contributed by atoms with van der Waals surface area (Å²) in [6.07, 6.45) is 0.223. The number of phenolic OH excluding ortho intramolecular Hbond substituents is 1. The number of pyridine rings is 1. The fourth-order valence-electron chi connectivity index (χ4n) is 2.16. The zero-order valence-corrected chi connectivity index (χ0v) is 11.0. The fourth-order valence-corrected chi connectivity index (χ4v) is 2.16. The van der Waals surface area contributed by atoms with E-state index in [1.54, 1.807) is 18.3 Å². The highest BCUT2D eigenvalue weighted by Gasteiger charge is 2.31. The zero-order chi connectivity index (χ0) is 14.1. The molecule has 2 atom stereocenters. The van der Waals surface area contributed by atoms with Crippen LogP contribution >= 0.6 is 0 Å². The standard InChI is InChI=1S/C15H15NO4/c1-9-2-4-11(7-16-9)20-14-8-19-13-5-3-10(17)6-12(13)15(14)18/h2-7,14-15,17-18H,8H2,1H3/t14-,15-/m0/s1. The summed E-state index contributed by atoms with van der Waals surface area (Å²) in [4.78, 5) is 4.14. The van der Waals surface area contributed by atoms with E-state index in [1.165, 1.54) is 12.1 Å². The summed E-state index contributed by atoms with van der Waals surface area (Å²) in [6.45, 7) is 2.13. The van der Waals surface area contributed by atoms with Gasteiger partial charge in [-0.3, -0.25) is 4.98 Å². The van der Waals surface area contributed by atoms with E-state index in [2.05, 4.69) is 4.98 Å². The summed E-state index contributed by atoms with van der Waals surface area (Å²) in [5.41, 5.74) is 1.43. The van der Waals surface area contributed by atoms with E-state index in [0.29, 0.717) is 17.1 Å². The number of benzene rings is 1. The molecule has 2 aromatic rings. The number of aliphatic hydroxyl groups excluding tert-OH is 1. The summed E-state index contributed by atoms with van der Waals surface area (Å²) in [7, 11) is 0. The maximum atomic E-state index is 10.3. The van der Waals surface area contributed by atoms with Crippen LogP contribution in [0.2, 0.25) is 0 Å². The van der Waals surface area contributed by atoms with Crippen molar-refractivity contribution < 1.29 is 19.7 Å². The Labute approximate surface area is 116 Å². The highest BCUT2D eigenvalue weighted by Crippen LogP contribution is 2.35. The van der Waals surface area contributed by atoms with Crippen LogP contribution in [0.5, 0.6) is 17.2 Å². The predicted molar refractivity (Wildman–Crippen MR) is 72.0 cm³/mol. The van der Waals surface area contributed by atoms with E-state index in [0.717, 1.165) is 5.69 Å². The number of hydrogen-bond acceptors (Lipinski definition) is 5. The molecule has 0 spiro atoms. The van der Waals surface area contributed by atoms with Crippen molar-refractivity contribution in [1.82, 2.24) is 4.98 Å². The molecule has 1 aliphatic rings. The molecular formula is C15H15NO4. The molecule has 0 radical (unpaired) electrons. The number of aromatic hydroxyl groups is 1. The number of nitrogens with zero attached hydrogens (tertiary/aromatic N) is 1. The molecule has 104 valence electrons. The molecule has 1 aliphatic heterocycles. The Hall–Kier alpha value is -2.27. The first-order valence-electron chi connectivity index (χ1n) is 6.36. The first-order chi connectivity index (χ1) is 9.63. The molecule has 1 aromatic heterocycles. The van der Waals surface area contributed by atoms with Crippen LogP contribution in [0.4, 0.5) is 0 Å². The van der Waals surface area contributed by atoms with Gasteiger partial charge in [-0.15, -0.1) is 0 Å². The van der Waals surface area contributed by atoms with E-state index >= 15 is 0 Å². The summed E-state index contributed by atoms with van der Waals surface area (Å²) < 4.78 is 11.2. The maximum Gasteiger partial charge on any atom is 0.163 e. The van der Waals surface area contributed by atoms with Gasteiger partial charge in [0.15, 0.2) is 6.10 Å². The first-order valence-corrected chi connectivity index (χ1v) is 6.36. The van der Waals surface area contributed by atoms with Gasteiger partial charge in [-0.05, 0) is 37.3 Å². The lowest BCUT2D eigenvalue weighted by molar-refractivity contribution is -0.0106. The number of hydrogen-bond donors (Lipinski definition) is 2. The zero-order valence-electron chi connectivity index (χ0n) is 11.0. The predicted octanol–water partition coefficient (Wildman–Crippen LogP) is 1.97. The Morgan fingerprint density at radius 1 is 1.30 bits per heavy atom. The van der Waals surface area contributed by atoms with E-state index in [1.807, 2.05) is 13.0 Å². The lowest BCUT2D eigenvalue weighted by Gasteiger charge is -2.30.